The summed E-state index contributed by atoms with van der Waals surface area (Å²) >= 11 is 4.96. The average molecular weight is 251 g/mol. The van der Waals surface area contributed by atoms with Crippen LogP contribution in [-0.4, -0.2) is 11.6 Å². The number of hydrogen-bond donors (Lipinski definition) is 1. The molecule has 0 aromatic heterocycles. The zero-order valence-corrected chi connectivity index (χ0v) is 11.6. The summed E-state index contributed by atoms with van der Waals surface area (Å²) in [6.07, 6.45) is 2.27. The van der Waals surface area contributed by atoms with Gasteiger partial charge in [-0.2, -0.15) is 0 Å². The predicted molar refractivity (Wildman–Crippen MR) is 76.6 cm³/mol. The van der Waals surface area contributed by atoms with E-state index in [1.165, 1.54) is 6.42 Å². The topological polar surface area (TPSA) is 35.2 Å². The van der Waals surface area contributed by atoms with E-state index in [4.69, 9.17) is 22.7 Å². The molecule has 0 unspecified atom stereocenters. The highest BCUT2D eigenvalue weighted by Gasteiger charge is 2.03. The molecular weight excluding hydrogens is 230 g/mol. The Morgan fingerprint density at radius 3 is 2.71 bits per heavy atom. The molecule has 1 aromatic carbocycles. The molecule has 1 aromatic rings. The lowest BCUT2D eigenvalue weighted by atomic mass is 10.1. The highest BCUT2D eigenvalue weighted by atomic mass is 32.1. The number of ether oxygens (including phenoxy) is 1. The van der Waals surface area contributed by atoms with Gasteiger partial charge in [-0.3, -0.25) is 0 Å². The van der Waals surface area contributed by atoms with E-state index >= 15 is 0 Å². The summed E-state index contributed by atoms with van der Waals surface area (Å²) in [5.74, 6) is 1.61. The Morgan fingerprint density at radius 1 is 1.41 bits per heavy atom. The number of thiocarbonyl (C=S) groups is 1. The van der Waals surface area contributed by atoms with Crippen molar-refractivity contribution in [1.82, 2.24) is 0 Å². The van der Waals surface area contributed by atoms with Gasteiger partial charge in [-0.25, -0.2) is 0 Å². The molecule has 1 rings (SSSR count). The molecule has 0 heterocycles. The SMILES string of the molecule is Cc1ccc(C(N)=S)cc1OCCCC(C)C. The zero-order valence-electron chi connectivity index (χ0n) is 10.8. The largest absolute Gasteiger partial charge is 0.493 e. The molecular formula is C14H21NOS. The Bertz CT molecular complexity index is 388. The normalized spacial score (nSPS) is 10.6. The van der Waals surface area contributed by atoms with Crippen LogP contribution in [0.2, 0.25) is 0 Å². The van der Waals surface area contributed by atoms with Crippen LogP contribution in [0.25, 0.3) is 0 Å². The number of benzene rings is 1. The van der Waals surface area contributed by atoms with Crippen LogP contribution >= 0.6 is 12.2 Å². The monoisotopic (exact) mass is 251 g/mol. The number of hydrogen-bond acceptors (Lipinski definition) is 2. The van der Waals surface area contributed by atoms with Gasteiger partial charge in [-0.15, -0.1) is 0 Å². The van der Waals surface area contributed by atoms with Gasteiger partial charge in [0.25, 0.3) is 0 Å². The van der Waals surface area contributed by atoms with Crippen molar-refractivity contribution < 1.29 is 4.74 Å². The molecule has 3 heteroatoms. The van der Waals surface area contributed by atoms with Gasteiger partial charge in [0, 0.05) is 5.56 Å². The van der Waals surface area contributed by atoms with E-state index < -0.39 is 0 Å². The van der Waals surface area contributed by atoms with Gasteiger partial charge in [0.05, 0.1) is 6.61 Å². The lowest BCUT2D eigenvalue weighted by Gasteiger charge is -2.11. The lowest BCUT2D eigenvalue weighted by Crippen LogP contribution is -2.10. The molecule has 0 aliphatic rings. The van der Waals surface area contributed by atoms with Crippen molar-refractivity contribution >= 4 is 17.2 Å². The molecule has 0 aliphatic heterocycles. The zero-order chi connectivity index (χ0) is 12.8. The quantitative estimate of drug-likeness (QED) is 0.621. The lowest BCUT2D eigenvalue weighted by molar-refractivity contribution is 0.296. The summed E-state index contributed by atoms with van der Waals surface area (Å²) in [7, 11) is 0. The van der Waals surface area contributed by atoms with Crippen LogP contribution in [0, 0.1) is 12.8 Å². The minimum atomic E-state index is 0.414. The first-order valence-corrected chi connectivity index (χ1v) is 6.44. The van der Waals surface area contributed by atoms with Crippen molar-refractivity contribution in [2.45, 2.75) is 33.6 Å². The highest BCUT2D eigenvalue weighted by molar-refractivity contribution is 7.80. The standard InChI is InChI=1S/C14H21NOS/c1-10(2)5-4-8-16-13-9-12(14(15)17)7-6-11(13)3/h6-7,9-10H,4-5,8H2,1-3H3,(H2,15,17). The van der Waals surface area contributed by atoms with Crippen molar-refractivity contribution in [3.8, 4) is 5.75 Å². The van der Waals surface area contributed by atoms with Gasteiger partial charge >= 0.3 is 0 Å². The molecule has 0 saturated carbocycles. The van der Waals surface area contributed by atoms with Crippen molar-refractivity contribution in [3.05, 3.63) is 29.3 Å². The molecule has 17 heavy (non-hydrogen) atoms. The third kappa shape index (κ3) is 4.73. The maximum atomic E-state index is 5.76. The fourth-order valence-electron chi connectivity index (χ4n) is 1.58. The minimum Gasteiger partial charge on any atom is -0.493 e. The second-order valence-electron chi connectivity index (χ2n) is 4.73. The van der Waals surface area contributed by atoms with Crippen molar-refractivity contribution in [2.75, 3.05) is 6.61 Å². The second-order valence-corrected chi connectivity index (χ2v) is 5.17. The Labute approximate surface area is 109 Å². The van der Waals surface area contributed by atoms with E-state index in [0.29, 0.717) is 4.99 Å². The maximum Gasteiger partial charge on any atom is 0.122 e. The summed E-state index contributed by atoms with van der Waals surface area (Å²) in [4.78, 5) is 0.414. The summed E-state index contributed by atoms with van der Waals surface area (Å²) in [5, 5.41) is 0. The second kappa shape index (κ2) is 6.60. The predicted octanol–water partition coefficient (Wildman–Crippen LogP) is 3.44. The Kier molecular flexibility index (Phi) is 5.42. The van der Waals surface area contributed by atoms with Gasteiger partial charge in [-0.1, -0.05) is 38.2 Å². The molecule has 0 fully saturated rings. The summed E-state index contributed by atoms with van der Waals surface area (Å²) in [6.45, 7) is 7.22. The van der Waals surface area contributed by atoms with E-state index in [9.17, 15) is 0 Å². The molecule has 0 aliphatic carbocycles. The molecule has 0 spiro atoms. The van der Waals surface area contributed by atoms with Crippen molar-refractivity contribution in [3.63, 3.8) is 0 Å². The molecule has 2 nitrogen and oxygen atoms in total. The third-order valence-electron chi connectivity index (χ3n) is 2.66. The van der Waals surface area contributed by atoms with Crippen LogP contribution in [0.3, 0.4) is 0 Å². The molecule has 0 atom stereocenters. The van der Waals surface area contributed by atoms with E-state index in [1.54, 1.807) is 0 Å². The van der Waals surface area contributed by atoms with Gasteiger partial charge in [0.1, 0.15) is 10.7 Å². The van der Waals surface area contributed by atoms with Gasteiger partial charge < -0.3 is 10.5 Å². The van der Waals surface area contributed by atoms with Crippen molar-refractivity contribution in [2.24, 2.45) is 11.7 Å². The first-order valence-electron chi connectivity index (χ1n) is 6.04. The van der Waals surface area contributed by atoms with Gasteiger partial charge in [0.2, 0.25) is 0 Å². The third-order valence-corrected chi connectivity index (χ3v) is 2.89. The smallest absolute Gasteiger partial charge is 0.122 e. The molecule has 2 N–H and O–H groups in total. The Morgan fingerprint density at radius 2 is 2.12 bits per heavy atom. The van der Waals surface area contributed by atoms with Crippen molar-refractivity contribution in [1.29, 1.82) is 0 Å². The maximum absolute atomic E-state index is 5.76. The van der Waals surface area contributed by atoms with Crippen LogP contribution < -0.4 is 10.5 Å². The first-order chi connectivity index (χ1) is 8.00. The fraction of sp³-hybridized carbons (Fsp3) is 0.500. The van der Waals surface area contributed by atoms with Crippen LogP contribution in [0.15, 0.2) is 18.2 Å². The molecule has 0 radical (unpaired) electrons. The molecule has 94 valence electrons. The summed E-state index contributed by atoms with van der Waals surface area (Å²) in [6, 6.07) is 5.85. The summed E-state index contributed by atoms with van der Waals surface area (Å²) in [5.41, 5.74) is 7.59. The van der Waals surface area contributed by atoms with Crippen LogP contribution in [0.1, 0.15) is 37.8 Å². The molecule has 0 bridgehead atoms. The van der Waals surface area contributed by atoms with E-state index in [-0.39, 0.29) is 0 Å². The first kappa shape index (κ1) is 14.0. The number of nitrogens with two attached hydrogens (primary N) is 1. The Balaban J connectivity index is 2.57. The van der Waals surface area contributed by atoms with Gasteiger partial charge in [0.15, 0.2) is 0 Å². The Hall–Kier alpha value is -1.09. The van der Waals surface area contributed by atoms with E-state index in [2.05, 4.69) is 13.8 Å². The van der Waals surface area contributed by atoms with E-state index in [1.807, 2.05) is 25.1 Å². The number of aryl methyl sites for hydroxylation is 1. The molecule has 0 saturated heterocycles. The van der Waals surface area contributed by atoms with Crippen LogP contribution in [0.5, 0.6) is 5.75 Å². The van der Waals surface area contributed by atoms with E-state index in [0.717, 1.165) is 35.8 Å². The van der Waals surface area contributed by atoms with Crippen LogP contribution in [0.4, 0.5) is 0 Å². The van der Waals surface area contributed by atoms with Crippen LogP contribution in [-0.2, 0) is 0 Å². The fourth-order valence-corrected chi connectivity index (χ4v) is 1.71. The number of rotatable bonds is 6. The molecule has 0 amide bonds. The van der Waals surface area contributed by atoms with Gasteiger partial charge in [-0.05, 0) is 37.3 Å². The highest BCUT2D eigenvalue weighted by Crippen LogP contribution is 2.20. The minimum absolute atomic E-state index is 0.414. The average Bonchev–Trinajstić information content (AvgIpc) is 2.25. The summed E-state index contributed by atoms with van der Waals surface area (Å²) < 4.78 is 5.76.